The molecule has 1 unspecified atom stereocenters. The minimum atomic E-state index is -0.529. The summed E-state index contributed by atoms with van der Waals surface area (Å²) in [5.74, 6) is -0.266. The molecule has 1 atom stereocenters. The Morgan fingerprint density at radius 1 is 1.33 bits per heavy atom. The number of piperazine rings is 1. The normalized spacial score (nSPS) is 17.3. The first-order valence-corrected chi connectivity index (χ1v) is 10.6. The molecule has 4 rings (SSSR count). The molecule has 30 heavy (non-hydrogen) atoms. The van der Waals surface area contributed by atoms with E-state index >= 15 is 0 Å². The van der Waals surface area contributed by atoms with E-state index in [-0.39, 0.29) is 11.8 Å². The summed E-state index contributed by atoms with van der Waals surface area (Å²) in [6.45, 7) is 3.14. The molecule has 2 amide bonds. The number of halogens is 1. The Balaban J connectivity index is 1.43. The van der Waals surface area contributed by atoms with Gasteiger partial charge in [0.1, 0.15) is 6.04 Å². The van der Waals surface area contributed by atoms with Crippen molar-refractivity contribution in [2.24, 2.45) is 0 Å². The summed E-state index contributed by atoms with van der Waals surface area (Å²) in [4.78, 5) is 29.7. The number of aromatic nitrogens is 2. The van der Waals surface area contributed by atoms with Gasteiger partial charge in [-0.2, -0.15) is 10.2 Å². The van der Waals surface area contributed by atoms with Crippen LogP contribution in [0.5, 0.6) is 0 Å². The van der Waals surface area contributed by atoms with Crippen molar-refractivity contribution in [1.82, 2.24) is 20.0 Å². The molecule has 7 nitrogen and oxygen atoms in total. The van der Waals surface area contributed by atoms with Gasteiger partial charge in [0.05, 0.1) is 21.7 Å². The number of hydrogen-bond acceptors (Lipinski definition) is 6. The molecule has 3 heterocycles. The van der Waals surface area contributed by atoms with E-state index in [9.17, 15) is 9.59 Å². The van der Waals surface area contributed by atoms with Crippen LogP contribution in [0.15, 0.2) is 42.6 Å². The molecule has 1 saturated heterocycles. The topological polar surface area (TPSA) is 92.4 Å². The highest BCUT2D eigenvalue weighted by Crippen LogP contribution is 2.23. The second-order valence-corrected chi connectivity index (χ2v) is 8.84. The summed E-state index contributed by atoms with van der Waals surface area (Å²) < 4.78 is 0.668. The number of rotatable bonds is 4. The Kier molecular flexibility index (Phi) is 5.69. The van der Waals surface area contributed by atoms with Crippen molar-refractivity contribution < 1.29 is 9.59 Å². The lowest BCUT2D eigenvalue weighted by molar-refractivity contribution is -0.148. The van der Waals surface area contributed by atoms with E-state index in [1.165, 1.54) is 23.6 Å². The Morgan fingerprint density at radius 2 is 2.17 bits per heavy atom. The fourth-order valence-corrected chi connectivity index (χ4v) is 4.46. The molecule has 2 N–H and O–H groups in total. The first kappa shape index (κ1) is 20.3. The third-order valence-corrected chi connectivity index (χ3v) is 6.32. The molecule has 0 bridgehead atoms. The number of nitrogen functional groups attached to an aromatic ring is 1. The molecule has 0 saturated carbocycles. The van der Waals surface area contributed by atoms with Gasteiger partial charge in [0.25, 0.3) is 0 Å². The first-order valence-electron chi connectivity index (χ1n) is 9.45. The summed E-state index contributed by atoms with van der Waals surface area (Å²) in [5.41, 5.74) is 8.13. The van der Waals surface area contributed by atoms with Crippen LogP contribution in [0.3, 0.4) is 0 Å². The smallest absolute Gasteiger partial charge is 0.247 e. The number of benzene rings is 1. The second kappa shape index (κ2) is 8.41. The predicted octanol–water partition coefficient (Wildman–Crippen LogP) is 3.20. The van der Waals surface area contributed by atoms with Gasteiger partial charge in [0.2, 0.25) is 11.8 Å². The number of anilines is 1. The molecule has 9 heteroatoms. The van der Waals surface area contributed by atoms with Crippen molar-refractivity contribution in [2.75, 3.05) is 18.8 Å². The number of nitrogens with two attached hydrogens (primary N) is 1. The largest absolute Gasteiger partial charge is 0.397 e. The zero-order valence-corrected chi connectivity index (χ0v) is 17.9. The molecule has 2 aromatic heterocycles. The molecule has 0 spiro atoms. The fourth-order valence-electron chi connectivity index (χ4n) is 3.50. The minimum absolute atomic E-state index is 0.0825. The fraction of sp³-hybridized carbons (Fsp3) is 0.238. The minimum Gasteiger partial charge on any atom is -0.397 e. The van der Waals surface area contributed by atoms with E-state index in [1.54, 1.807) is 28.9 Å². The van der Waals surface area contributed by atoms with Crippen LogP contribution in [-0.4, -0.2) is 50.9 Å². The van der Waals surface area contributed by atoms with E-state index in [4.69, 9.17) is 17.3 Å². The highest BCUT2D eigenvalue weighted by Gasteiger charge is 2.33. The van der Waals surface area contributed by atoms with E-state index < -0.39 is 6.04 Å². The molecule has 154 valence electrons. The Bertz CT molecular complexity index is 1150. The third-order valence-electron chi connectivity index (χ3n) is 5.12. The maximum Gasteiger partial charge on any atom is 0.247 e. The van der Waals surface area contributed by atoms with Gasteiger partial charge in [0.15, 0.2) is 0 Å². The molecule has 1 fully saturated rings. The summed E-state index contributed by atoms with van der Waals surface area (Å²) in [6.07, 6.45) is 4.74. The number of fused-ring (bicyclic) bond motifs is 1. The summed E-state index contributed by atoms with van der Waals surface area (Å²) in [5, 5.41) is 8.83. The van der Waals surface area contributed by atoms with Gasteiger partial charge in [0, 0.05) is 36.0 Å². The Morgan fingerprint density at radius 3 is 2.93 bits per heavy atom. The highest BCUT2D eigenvalue weighted by atomic mass is 35.5. The van der Waals surface area contributed by atoms with Crippen LogP contribution in [0.2, 0.25) is 4.34 Å². The summed E-state index contributed by atoms with van der Waals surface area (Å²) >= 11 is 7.31. The lowest BCUT2D eigenvalue weighted by Crippen LogP contribution is -2.56. The van der Waals surface area contributed by atoms with E-state index in [1.807, 2.05) is 24.3 Å². The van der Waals surface area contributed by atoms with Crippen molar-refractivity contribution in [2.45, 2.75) is 19.5 Å². The van der Waals surface area contributed by atoms with Crippen LogP contribution in [0.25, 0.3) is 17.0 Å². The lowest BCUT2D eigenvalue weighted by Gasteiger charge is -2.38. The average Bonchev–Trinajstić information content (AvgIpc) is 3.15. The number of thiophene rings is 1. The maximum atomic E-state index is 12.9. The summed E-state index contributed by atoms with van der Waals surface area (Å²) in [7, 11) is 0. The molecule has 1 aliphatic heterocycles. The van der Waals surface area contributed by atoms with E-state index in [2.05, 4.69) is 10.2 Å². The zero-order valence-electron chi connectivity index (χ0n) is 16.3. The van der Waals surface area contributed by atoms with Crippen LogP contribution in [0.4, 0.5) is 5.69 Å². The molecule has 3 aromatic rings. The van der Waals surface area contributed by atoms with E-state index in [0.29, 0.717) is 35.2 Å². The van der Waals surface area contributed by atoms with Crippen LogP contribution in [-0.2, 0) is 16.1 Å². The van der Waals surface area contributed by atoms with Gasteiger partial charge in [-0.15, -0.1) is 11.3 Å². The zero-order chi connectivity index (χ0) is 21.3. The van der Waals surface area contributed by atoms with Gasteiger partial charge in [-0.3, -0.25) is 9.59 Å². The number of nitrogens with zero attached hydrogens (tertiary/aromatic N) is 4. The number of hydrogen-bond donors (Lipinski definition) is 1. The molecule has 0 aliphatic carbocycles. The quantitative estimate of drug-likeness (QED) is 0.627. The second-order valence-electron chi connectivity index (χ2n) is 7.09. The van der Waals surface area contributed by atoms with Crippen LogP contribution in [0, 0.1) is 0 Å². The van der Waals surface area contributed by atoms with Crippen LogP contribution >= 0.6 is 22.9 Å². The lowest BCUT2D eigenvalue weighted by atomic mass is 10.1. The highest BCUT2D eigenvalue weighted by molar-refractivity contribution is 7.17. The number of carbonyl (C=O) groups is 2. The van der Waals surface area contributed by atoms with Gasteiger partial charge in [-0.05, 0) is 36.8 Å². The molecular weight excluding hydrogens is 422 g/mol. The van der Waals surface area contributed by atoms with Crippen molar-refractivity contribution >= 4 is 57.4 Å². The van der Waals surface area contributed by atoms with Gasteiger partial charge < -0.3 is 15.5 Å². The van der Waals surface area contributed by atoms with Crippen molar-refractivity contribution in [3.05, 3.63) is 57.4 Å². The number of amides is 2. The van der Waals surface area contributed by atoms with Gasteiger partial charge in [-0.1, -0.05) is 23.7 Å². The standard InChI is InChI=1S/C21H20ClN5O2S/c1-13-21(29)26(12-14-2-5-16-17(23)11-24-25-18(16)10-14)8-9-27(13)20(28)7-4-15-3-6-19(22)30-15/h2-7,10-11,13H,8-9,12H2,1H3,(H2,23,25)/b7-4+. The first-order chi connectivity index (χ1) is 14.4. The molecule has 1 aliphatic rings. The predicted molar refractivity (Wildman–Crippen MR) is 119 cm³/mol. The van der Waals surface area contributed by atoms with Gasteiger partial charge in [-0.25, -0.2) is 0 Å². The third kappa shape index (κ3) is 4.15. The average molecular weight is 442 g/mol. The SMILES string of the molecule is CC1C(=O)N(Cc2ccc3c(N)cnnc3c2)CCN1C(=O)/C=C/c1ccc(Cl)s1. The summed E-state index contributed by atoms with van der Waals surface area (Å²) in [6, 6.07) is 8.83. The van der Waals surface area contributed by atoms with Crippen LogP contribution in [0.1, 0.15) is 17.4 Å². The van der Waals surface area contributed by atoms with E-state index in [0.717, 1.165) is 15.8 Å². The number of carbonyl (C=O) groups excluding carboxylic acids is 2. The van der Waals surface area contributed by atoms with Crippen molar-refractivity contribution in [3.63, 3.8) is 0 Å². The molecule has 1 aromatic carbocycles. The van der Waals surface area contributed by atoms with Crippen molar-refractivity contribution in [3.8, 4) is 0 Å². The maximum absolute atomic E-state index is 12.9. The van der Waals surface area contributed by atoms with Crippen molar-refractivity contribution in [1.29, 1.82) is 0 Å². The monoisotopic (exact) mass is 441 g/mol. The Labute approximate surface area is 182 Å². The van der Waals surface area contributed by atoms with Gasteiger partial charge >= 0.3 is 0 Å². The molecule has 0 radical (unpaired) electrons. The van der Waals surface area contributed by atoms with Crippen LogP contribution < -0.4 is 5.73 Å². The molecular formula is C21H20ClN5O2S. The Hall–Kier alpha value is -2.97.